The number of hydrogen-bond acceptors (Lipinski definition) is 6. The Morgan fingerprint density at radius 3 is 2.03 bits per heavy atom. The van der Waals surface area contributed by atoms with E-state index in [0.29, 0.717) is 28.1 Å². The van der Waals surface area contributed by atoms with Gasteiger partial charge in [-0.25, -0.2) is 4.79 Å². The van der Waals surface area contributed by atoms with Crippen LogP contribution in [0.2, 0.25) is 0 Å². The Hall–Kier alpha value is -4.46. The van der Waals surface area contributed by atoms with Crippen LogP contribution in [0.5, 0.6) is 5.75 Å². The fraction of sp³-hybridized carbons (Fsp3) is 0.154. The minimum absolute atomic E-state index is 0.0857. The molecular formula is C26H22N2O6. The van der Waals surface area contributed by atoms with Gasteiger partial charge in [0.15, 0.2) is 6.10 Å². The Morgan fingerprint density at radius 1 is 0.882 bits per heavy atom. The molecule has 34 heavy (non-hydrogen) atoms. The maximum absolute atomic E-state index is 12.5. The van der Waals surface area contributed by atoms with Crippen molar-refractivity contribution in [2.75, 3.05) is 12.4 Å². The average Bonchev–Trinajstić information content (AvgIpc) is 3.09. The summed E-state index contributed by atoms with van der Waals surface area (Å²) in [6, 6.07) is 19.8. The standard InChI is InChI=1S/C26H22N2O6/c1-16(23(29)27-19-11-13-20(33-2)14-12-19)34-26(32)18-9-7-17(8-10-18)15-28-24(30)21-5-3-4-6-22(21)25(28)31/h3-14,16H,15H2,1-2H3,(H,27,29). The molecule has 0 fully saturated rings. The Morgan fingerprint density at radius 2 is 1.47 bits per heavy atom. The van der Waals surface area contributed by atoms with Crippen molar-refractivity contribution in [3.05, 3.63) is 95.1 Å². The molecule has 1 N–H and O–H groups in total. The molecule has 3 amide bonds. The number of methoxy groups -OCH3 is 1. The van der Waals surface area contributed by atoms with Crippen molar-refractivity contribution in [1.82, 2.24) is 4.90 Å². The Kier molecular flexibility index (Phi) is 6.40. The molecule has 8 nitrogen and oxygen atoms in total. The van der Waals surface area contributed by atoms with Gasteiger partial charge in [0.05, 0.1) is 30.3 Å². The van der Waals surface area contributed by atoms with Gasteiger partial charge >= 0.3 is 5.97 Å². The first-order valence-corrected chi connectivity index (χ1v) is 10.6. The Labute approximate surface area is 196 Å². The molecule has 0 aromatic heterocycles. The van der Waals surface area contributed by atoms with E-state index in [1.54, 1.807) is 67.8 Å². The van der Waals surface area contributed by atoms with Crippen LogP contribution in [0.4, 0.5) is 5.69 Å². The summed E-state index contributed by atoms with van der Waals surface area (Å²) >= 11 is 0. The van der Waals surface area contributed by atoms with Crippen LogP contribution in [-0.4, -0.2) is 41.8 Å². The summed E-state index contributed by atoms with van der Waals surface area (Å²) in [7, 11) is 1.55. The summed E-state index contributed by atoms with van der Waals surface area (Å²) in [5.74, 6) is -1.17. The quantitative estimate of drug-likeness (QED) is 0.428. The molecule has 3 aromatic carbocycles. The van der Waals surface area contributed by atoms with E-state index in [4.69, 9.17) is 9.47 Å². The van der Waals surface area contributed by atoms with Gasteiger partial charge in [-0.1, -0.05) is 24.3 Å². The number of amides is 3. The van der Waals surface area contributed by atoms with Gasteiger partial charge in [0, 0.05) is 5.69 Å². The summed E-state index contributed by atoms with van der Waals surface area (Å²) in [4.78, 5) is 51.0. The highest BCUT2D eigenvalue weighted by molar-refractivity contribution is 6.21. The predicted octanol–water partition coefficient (Wildman–Crippen LogP) is 3.68. The van der Waals surface area contributed by atoms with Gasteiger partial charge in [-0.05, 0) is 61.0 Å². The van der Waals surface area contributed by atoms with Crippen LogP contribution in [-0.2, 0) is 16.1 Å². The van der Waals surface area contributed by atoms with Gasteiger partial charge in [-0.3, -0.25) is 19.3 Å². The van der Waals surface area contributed by atoms with E-state index in [-0.39, 0.29) is 23.9 Å². The third-order valence-electron chi connectivity index (χ3n) is 5.42. The molecule has 1 aliphatic heterocycles. The molecule has 0 bridgehead atoms. The second kappa shape index (κ2) is 9.58. The molecule has 1 unspecified atom stereocenters. The van der Waals surface area contributed by atoms with E-state index < -0.39 is 18.0 Å². The van der Waals surface area contributed by atoms with Gasteiger partial charge in [-0.2, -0.15) is 0 Å². The molecule has 172 valence electrons. The van der Waals surface area contributed by atoms with E-state index in [1.165, 1.54) is 24.0 Å². The van der Waals surface area contributed by atoms with Gasteiger partial charge in [-0.15, -0.1) is 0 Å². The number of benzene rings is 3. The second-order valence-electron chi connectivity index (χ2n) is 7.70. The third kappa shape index (κ3) is 4.66. The number of esters is 1. The number of hydrogen-bond donors (Lipinski definition) is 1. The van der Waals surface area contributed by atoms with E-state index in [2.05, 4.69) is 5.32 Å². The fourth-order valence-corrected chi connectivity index (χ4v) is 3.51. The number of anilines is 1. The van der Waals surface area contributed by atoms with Crippen LogP contribution in [0.1, 0.15) is 43.6 Å². The van der Waals surface area contributed by atoms with E-state index in [9.17, 15) is 19.2 Å². The Balaban J connectivity index is 1.34. The summed E-state index contributed by atoms with van der Waals surface area (Å²) in [5.41, 5.74) is 2.24. The lowest BCUT2D eigenvalue weighted by Gasteiger charge is -2.15. The lowest BCUT2D eigenvalue weighted by Crippen LogP contribution is -2.30. The highest BCUT2D eigenvalue weighted by Gasteiger charge is 2.34. The number of ether oxygens (including phenoxy) is 2. The number of carbonyl (C=O) groups excluding carboxylic acids is 4. The van der Waals surface area contributed by atoms with Crippen LogP contribution >= 0.6 is 0 Å². The molecular weight excluding hydrogens is 436 g/mol. The van der Waals surface area contributed by atoms with Gasteiger partial charge < -0.3 is 14.8 Å². The van der Waals surface area contributed by atoms with E-state index in [1.807, 2.05) is 0 Å². The first-order chi connectivity index (χ1) is 16.4. The van der Waals surface area contributed by atoms with E-state index >= 15 is 0 Å². The Bertz CT molecular complexity index is 1220. The maximum atomic E-state index is 12.5. The van der Waals surface area contributed by atoms with Crippen LogP contribution < -0.4 is 10.1 Å². The average molecular weight is 458 g/mol. The van der Waals surface area contributed by atoms with Crippen molar-refractivity contribution in [3.8, 4) is 5.75 Å². The second-order valence-corrected chi connectivity index (χ2v) is 7.70. The zero-order valence-corrected chi connectivity index (χ0v) is 18.6. The number of carbonyl (C=O) groups is 4. The molecule has 1 atom stereocenters. The molecule has 3 aromatic rings. The molecule has 4 rings (SSSR count). The molecule has 0 spiro atoms. The fourth-order valence-electron chi connectivity index (χ4n) is 3.51. The number of nitrogens with zero attached hydrogens (tertiary/aromatic N) is 1. The number of rotatable bonds is 7. The van der Waals surface area contributed by atoms with Crippen molar-refractivity contribution < 1.29 is 28.7 Å². The smallest absolute Gasteiger partial charge is 0.338 e. The normalized spacial score (nSPS) is 13.3. The molecule has 0 saturated carbocycles. The highest BCUT2D eigenvalue weighted by Crippen LogP contribution is 2.24. The zero-order chi connectivity index (χ0) is 24.2. The van der Waals surface area contributed by atoms with Crippen molar-refractivity contribution in [1.29, 1.82) is 0 Å². The number of imide groups is 1. The number of nitrogens with one attached hydrogen (secondary N) is 1. The topological polar surface area (TPSA) is 102 Å². The third-order valence-corrected chi connectivity index (χ3v) is 5.42. The monoisotopic (exact) mass is 458 g/mol. The molecule has 0 saturated heterocycles. The lowest BCUT2D eigenvalue weighted by molar-refractivity contribution is -0.123. The minimum atomic E-state index is -1.02. The maximum Gasteiger partial charge on any atom is 0.338 e. The van der Waals surface area contributed by atoms with Crippen molar-refractivity contribution in [2.45, 2.75) is 19.6 Å². The zero-order valence-electron chi connectivity index (χ0n) is 18.6. The molecule has 1 aliphatic rings. The van der Waals surface area contributed by atoms with E-state index in [0.717, 1.165) is 0 Å². The summed E-state index contributed by atoms with van der Waals surface area (Å²) in [6.07, 6.45) is -1.02. The summed E-state index contributed by atoms with van der Waals surface area (Å²) in [6.45, 7) is 1.57. The van der Waals surface area contributed by atoms with Crippen molar-refractivity contribution in [3.63, 3.8) is 0 Å². The minimum Gasteiger partial charge on any atom is -0.497 e. The van der Waals surface area contributed by atoms with Crippen LogP contribution in [0.15, 0.2) is 72.8 Å². The molecule has 1 heterocycles. The summed E-state index contributed by atoms with van der Waals surface area (Å²) in [5, 5.41) is 2.67. The lowest BCUT2D eigenvalue weighted by atomic mass is 10.1. The first kappa shape index (κ1) is 22.7. The largest absolute Gasteiger partial charge is 0.497 e. The molecule has 0 aliphatic carbocycles. The first-order valence-electron chi connectivity index (χ1n) is 10.6. The predicted molar refractivity (Wildman–Crippen MR) is 124 cm³/mol. The van der Waals surface area contributed by atoms with Gasteiger partial charge in [0.25, 0.3) is 17.7 Å². The van der Waals surface area contributed by atoms with Gasteiger partial charge in [0.2, 0.25) is 0 Å². The van der Waals surface area contributed by atoms with Crippen LogP contribution in [0.3, 0.4) is 0 Å². The van der Waals surface area contributed by atoms with Crippen LogP contribution in [0.25, 0.3) is 0 Å². The number of fused-ring (bicyclic) bond motifs is 1. The molecule has 0 radical (unpaired) electrons. The van der Waals surface area contributed by atoms with Crippen LogP contribution in [0, 0.1) is 0 Å². The van der Waals surface area contributed by atoms with Gasteiger partial charge in [0.1, 0.15) is 5.75 Å². The SMILES string of the molecule is COc1ccc(NC(=O)C(C)OC(=O)c2ccc(CN3C(=O)c4ccccc4C3=O)cc2)cc1. The molecule has 8 heteroatoms. The van der Waals surface area contributed by atoms with Crippen molar-refractivity contribution in [2.24, 2.45) is 0 Å². The highest BCUT2D eigenvalue weighted by atomic mass is 16.5. The summed E-state index contributed by atoms with van der Waals surface area (Å²) < 4.78 is 10.3. The van der Waals surface area contributed by atoms with Crippen molar-refractivity contribution >= 4 is 29.4 Å².